The molecular weight excluding hydrogens is 254 g/mol. The number of nitrogens with zero attached hydrogens (tertiary/aromatic N) is 1. The van der Waals surface area contributed by atoms with Gasteiger partial charge in [0, 0.05) is 12.7 Å². The maximum atomic E-state index is 13.4. The number of benzene rings is 1. The number of aliphatic hydroxyl groups excluding tert-OH is 1. The normalized spacial score (nSPS) is 10.5. The summed E-state index contributed by atoms with van der Waals surface area (Å²) in [7, 11) is 0. The number of aliphatic hydroxyl groups is 1. The van der Waals surface area contributed by atoms with Crippen molar-refractivity contribution >= 4 is 5.82 Å². The largest absolute Gasteiger partial charge is 0.436 e. The van der Waals surface area contributed by atoms with Crippen LogP contribution in [0.1, 0.15) is 5.56 Å². The molecule has 0 aliphatic carbocycles. The van der Waals surface area contributed by atoms with Crippen LogP contribution in [0.4, 0.5) is 14.6 Å². The van der Waals surface area contributed by atoms with Crippen LogP contribution in [0.2, 0.25) is 0 Å². The fourth-order valence-corrected chi connectivity index (χ4v) is 1.50. The second-order valence-electron chi connectivity index (χ2n) is 3.86. The molecule has 0 radical (unpaired) electrons. The van der Waals surface area contributed by atoms with Crippen molar-refractivity contribution in [3.05, 3.63) is 47.5 Å². The average Bonchev–Trinajstić information content (AvgIpc) is 2.38. The molecule has 0 aliphatic heterocycles. The van der Waals surface area contributed by atoms with Gasteiger partial charge in [0.2, 0.25) is 0 Å². The molecule has 0 fully saturated rings. The second kappa shape index (κ2) is 5.62. The van der Waals surface area contributed by atoms with Gasteiger partial charge >= 0.3 is 0 Å². The first kappa shape index (κ1) is 13.2. The van der Waals surface area contributed by atoms with Gasteiger partial charge in [0.15, 0.2) is 17.5 Å². The maximum absolute atomic E-state index is 13.4. The topological polar surface area (TPSA) is 68.4 Å². The quantitative estimate of drug-likeness (QED) is 0.890. The smallest absolute Gasteiger partial charge is 0.258 e. The lowest BCUT2D eigenvalue weighted by atomic mass is 10.1. The number of rotatable bonds is 4. The van der Waals surface area contributed by atoms with Gasteiger partial charge in [-0.2, -0.15) is 4.98 Å². The third-order valence-electron chi connectivity index (χ3n) is 2.46. The van der Waals surface area contributed by atoms with Crippen molar-refractivity contribution in [2.24, 2.45) is 0 Å². The van der Waals surface area contributed by atoms with E-state index in [9.17, 15) is 8.78 Å². The minimum absolute atomic E-state index is 0.0465. The van der Waals surface area contributed by atoms with Crippen LogP contribution in [0.25, 0.3) is 0 Å². The Morgan fingerprint density at radius 1 is 1.16 bits per heavy atom. The van der Waals surface area contributed by atoms with Crippen LogP contribution in [0.3, 0.4) is 0 Å². The first-order chi connectivity index (χ1) is 9.10. The van der Waals surface area contributed by atoms with Crippen molar-refractivity contribution in [2.75, 3.05) is 12.3 Å². The van der Waals surface area contributed by atoms with Crippen LogP contribution in [0.5, 0.6) is 11.6 Å². The highest BCUT2D eigenvalue weighted by Gasteiger charge is 2.11. The zero-order chi connectivity index (χ0) is 13.8. The fraction of sp³-hybridized carbons (Fsp3) is 0.154. The molecule has 4 nitrogen and oxygen atoms in total. The summed E-state index contributed by atoms with van der Waals surface area (Å²) < 4.78 is 31.5. The molecule has 0 bridgehead atoms. The predicted molar refractivity (Wildman–Crippen MR) is 65.9 cm³/mol. The maximum Gasteiger partial charge on any atom is 0.258 e. The van der Waals surface area contributed by atoms with Crippen LogP contribution in [0, 0.1) is 11.6 Å². The summed E-state index contributed by atoms with van der Waals surface area (Å²) in [4.78, 5) is 3.49. The number of hydrogen-bond acceptors (Lipinski definition) is 4. The average molecular weight is 266 g/mol. The van der Waals surface area contributed by atoms with Crippen LogP contribution in [-0.2, 0) is 6.42 Å². The number of halogens is 2. The number of anilines is 1. The monoisotopic (exact) mass is 266 g/mol. The van der Waals surface area contributed by atoms with Crippen LogP contribution in [0.15, 0.2) is 30.3 Å². The van der Waals surface area contributed by atoms with Crippen molar-refractivity contribution in [2.45, 2.75) is 6.42 Å². The molecule has 1 aromatic heterocycles. The molecule has 0 unspecified atom stereocenters. The van der Waals surface area contributed by atoms with Crippen molar-refractivity contribution in [1.29, 1.82) is 0 Å². The third-order valence-corrected chi connectivity index (χ3v) is 2.46. The summed E-state index contributed by atoms with van der Waals surface area (Å²) >= 11 is 0. The number of hydrogen-bond donors (Lipinski definition) is 2. The third kappa shape index (κ3) is 3.17. The van der Waals surface area contributed by atoms with Crippen molar-refractivity contribution in [3.63, 3.8) is 0 Å². The molecule has 1 heterocycles. The van der Waals surface area contributed by atoms with E-state index in [2.05, 4.69) is 4.98 Å². The molecule has 2 aromatic rings. The Bertz CT molecular complexity index is 574. The van der Waals surface area contributed by atoms with Gasteiger partial charge in [-0.15, -0.1) is 0 Å². The standard InChI is InChI=1S/C13H12F2N2O2/c14-10-7-11(15)13(17-12(10)16)19-9-3-1-8(2-4-9)5-6-18/h1-4,7,18H,5-6H2,(H2,16,17). The zero-order valence-electron chi connectivity index (χ0n) is 9.94. The van der Waals surface area contributed by atoms with E-state index < -0.39 is 17.5 Å². The Kier molecular flexibility index (Phi) is 3.91. The van der Waals surface area contributed by atoms with E-state index in [0.29, 0.717) is 18.2 Å². The molecule has 0 aliphatic rings. The summed E-state index contributed by atoms with van der Waals surface area (Å²) in [5, 5.41) is 8.78. The highest BCUT2D eigenvalue weighted by Crippen LogP contribution is 2.25. The van der Waals surface area contributed by atoms with Crippen molar-refractivity contribution < 1.29 is 18.6 Å². The minimum atomic E-state index is -0.928. The number of pyridine rings is 1. The first-order valence-electron chi connectivity index (χ1n) is 5.59. The molecule has 0 amide bonds. The van der Waals surface area contributed by atoms with Gasteiger partial charge in [0.05, 0.1) is 0 Å². The van der Waals surface area contributed by atoms with E-state index >= 15 is 0 Å². The van der Waals surface area contributed by atoms with Crippen LogP contribution in [-0.4, -0.2) is 16.7 Å². The molecule has 100 valence electrons. The highest BCUT2D eigenvalue weighted by molar-refractivity contribution is 5.37. The van der Waals surface area contributed by atoms with Gasteiger partial charge in [-0.1, -0.05) is 12.1 Å². The zero-order valence-corrected chi connectivity index (χ0v) is 9.94. The Morgan fingerprint density at radius 3 is 2.47 bits per heavy atom. The van der Waals surface area contributed by atoms with Crippen molar-refractivity contribution in [3.8, 4) is 11.6 Å². The van der Waals surface area contributed by atoms with E-state index in [-0.39, 0.29) is 12.5 Å². The van der Waals surface area contributed by atoms with Gasteiger partial charge in [0.1, 0.15) is 5.75 Å². The van der Waals surface area contributed by atoms with Crippen LogP contribution >= 0.6 is 0 Å². The predicted octanol–water partition coefficient (Wildman–Crippen LogP) is 2.27. The highest BCUT2D eigenvalue weighted by atomic mass is 19.1. The lowest BCUT2D eigenvalue weighted by Crippen LogP contribution is -2.00. The SMILES string of the molecule is Nc1nc(Oc2ccc(CCO)cc2)c(F)cc1F. The summed E-state index contributed by atoms with van der Waals surface area (Å²) in [6.07, 6.45) is 0.524. The molecule has 0 atom stereocenters. The molecule has 19 heavy (non-hydrogen) atoms. The second-order valence-corrected chi connectivity index (χ2v) is 3.86. The lowest BCUT2D eigenvalue weighted by Gasteiger charge is -2.07. The summed E-state index contributed by atoms with van der Waals surface area (Å²) in [6, 6.07) is 7.29. The van der Waals surface area contributed by atoms with E-state index in [0.717, 1.165) is 5.56 Å². The molecule has 0 saturated heterocycles. The van der Waals surface area contributed by atoms with E-state index in [1.165, 1.54) is 0 Å². The molecular formula is C13H12F2N2O2. The number of nitrogens with two attached hydrogens (primary N) is 1. The molecule has 3 N–H and O–H groups in total. The molecule has 6 heteroatoms. The van der Waals surface area contributed by atoms with Crippen LogP contribution < -0.4 is 10.5 Å². The van der Waals surface area contributed by atoms with Gasteiger partial charge in [-0.05, 0) is 24.1 Å². The van der Waals surface area contributed by atoms with E-state index in [1.54, 1.807) is 24.3 Å². The van der Waals surface area contributed by atoms with Gasteiger partial charge in [0.25, 0.3) is 5.88 Å². The van der Waals surface area contributed by atoms with Gasteiger partial charge < -0.3 is 15.6 Å². The number of nitrogen functional groups attached to an aromatic ring is 1. The summed E-state index contributed by atoms with van der Waals surface area (Å²) in [5.41, 5.74) is 6.16. The molecule has 1 aromatic carbocycles. The fourth-order valence-electron chi connectivity index (χ4n) is 1.50. The van der Waals surface area contributed by atoms with Gasteiger partial charge in [-0.25, -0.2) is 8.78 Å². The summed E-state index contributed by atoms with van der Waals surface area (Å²) in [5.74, 6) is -2.31. The number of ether oxygens (including phenoxy) is 1. The lowest BCUT2D eigenvalue weighted by molar-refractivity contribution is 0.299. The Morgan fingerprint density at radius 2 is 1.84 bits per heavy atom. The summed E-state index contributed by atoms with van der Waals surface area (Å²) in [6.45, 7) is 0.0465. The van der Waals surface area contributed by atoms with E-state index in [1.807, 2.05) is 0 Å². The minimum Gasteiger partial charge on any atom is -0.436 e. The Balaban J connectivity index is 2.19. The molecule has 0 spiro atoms. The van der Waals surface area contributed by atoms with Crippen molar-refractivity contribution in [1.82, 2.24) is 4.98 Å². The molecule has 0 saturated carbocycles. The van der Waals surface area contributed by atoms with Gasteiger partial charge in [-0.3, -0.25) is 0 Å². The number of aromatic nitrogens is 1. The first-order valence-corrected chi connectivity index (χ1v) is 5.59. The Hall–Kier alpha value is -2.21. The Labute approximate surface area is 108 Å². The molecule has 2 rings (SSSR count). The van der Waals surface area contributed by atoms with E-state index in [4.69, 9.17) is 15.6 Å².